The second-order valence-corrected chi connectivity index (χ2v) is 3.28. The minimum atomic E-state index is -0.440. The summed E-state index contributed by atoms with van der Waals surface area (Å²) < 4.78 is 0. The molecule has 2 nitrogen and oxygen atoms in total. The molecule has 0 heterocycles. The minimum absolute atomic E-state index is 0.0451. The number of allylic oxidation sites excluding steroid dienone is 1. The van der Waals surface area contributed by atoms with Crippen LogP contribution in [0, 0.1) is 0 Å². The lowest BCUT2D eigenvalue weighted by Gasteiger charge is -2.18. The molecule has 2 heteroatoms. The van der Waals surface area contributed by atoms with E-state index < -0.39 is 5.54 Å². The van der Waals surface area contributed by atoms with Gasteiger partial charge in [0.1, 0.15) is 0 Å². The molecule has 0 amide bonds. The van der Waals surface area contributed by atoms with Crippen LogP contribution in [0.3, 0.4) is 0 Å². The van der Waals surface area contributed by atoms with Crippen molar-refractivity contribution in [2.45, 2.75) is 38.6 Å². The summed E-state index contributed by atoms with van der Waals surface area (Å²) in [5, 5.41) is 8.79. The van der Waals surface area contributed by atoms with Gasteiger partial charge in [-0.25, -0.2) is 0 Å². The normalized spacial score (nSPS) is 17.1. The lowest BCUT2D eigenvalue weighted by Crippen LogP contribution is -2.39. The largest absolute Gasteiger partial charge is 0.394 e. The average Bonchev–Trinajstić information content (AvgIpc) is 1.99. The predicted molar refractivity (Wildman–Crippen MR) is 48.3 cm³/mol. The molecule has 0 aliphatic heterocycles. The Balaban J connectivity index is 3.51. The van der Waals surface area contributed by atoms with E-state index in [0.29, 0.717) is 0 Å². The standard InChI is InChI=1S/C9H19NO/c1-3-4-5-6-7-9(2,10)8-11/h5-6,11H,3-4,7-8,10H2,1-2H3/b6-5+. The summed E-state index contributed by atoms with van der Waals surface area (Å²) in [6.07, 6.45) is 7.17. The fourth-order valence-corrected chi connectivity index (χ4v) is 0.702. The molecule has 0 aliphatic rings. The number of rotatable bonds is 5. The Morgan fingerprint density at radius 2 is 2.09 bits per heavy atom. The molecular weight excluding hydrogens is 138 g/mol. The van der Waals surface area contributed by atoms with Crippen molar-refractivity contribution < 1.29 is 5.11 Å². The van der Waals surface area contributed by atoms with Gasteiger partial charge in [0.2, 0.25) is 0 Å². The molecule has 0 spiro atoms. The van der Waals surface area contributed by atoms with Gasteiger partial charge in [0.05, 0.1) is 6.61 Å². The Bertz CT molecular complexity index is 119. The third-order valence-electron chi connectivity index (χ3n) is 1.57. The Morgan fingerprint density at radius 3 is 2.55 bits per heavy atom. The summed E-state index contributed by atoms with van der Waals surface area (Å²) >= 11 is 0. The molecule has 0 radical (unpaired) electrons. The summed E-state index contributed by atoms with van der Waals surface area (Å²) in [5.41, 5.74) is 5.26. The van der Waals surface area contributed by atoms with E-state index in [1.54, 1.807) is 0 Å². The number of aliphatic hydroxyl groups is 1. The minimum Gasteiger partial charge on any atom is -0.394 e. The molecule has 0 bridgehead atoms. The van der Waals surface area contributed by atoms with Gasteiger partial charge in [0.15, 0.2) is 0 Å². The maximum Gasteiger partial charge on any atom is 0.0611 e. The van der Waals surface area contributed by atoms with Crippen LogP contribution in [0.5, 0.6) is 0 Å². The highest BCUT2D eigenvalue weighted by atomic mass is 16.3. The highest BCUT2D eigenvalue weighted by Crippen LogP contribution is 2.05. The highest BCUT2D eigenvalue weighted by molar-refractivity contribution is 4.91. The summed E-state index contributed by atoms with van der Waals surface area (Å²) in [6, 6.07) is 0. The fourth-order valence-electron chi connectivity index (χ4n) is 0.702. The van der Waals surface area contributed by atoms with Gasteiger partial charge in [-0.15, -0.1) is 0 Å². The van der Waals surface area contributed by atoms with Crippen molar-refractivity contribution >= 4 is 0 Å². The number of nitrogens with two attached hydrogens (primary N) is 1. The first kappa shape index (κ1) is 10.7. The zero-order chi connectivity index (χ0) is 8.74. The smallest absolute Gasteiger partial charge is 0.0611 e. The molecule has 0 aromatic heterocycles. The summed E-state index contributed by atoms with van der Waals surface area (Å²) in [4.78, 5) is 0. The van der Waals surface area contributed by atoms with Crippen molar-refractivity contribution in [2.75, 3.05) is 6.61 Å². The molecular formula is C9H19NO. The first-order chi connectivity index (χ1) is 5.12. The van der Waals surface area contributed by atoms with E-state index in [-0.39, 0.29) is 6.61 Å². The Morgan fingerprint density at radius 1 is 1.45 bits per heavy atom. The van der Waals surface area contributed by atoms with Crippen molar-refractivity contribution in [1.82, 2.24) is 0 Å². The van der Waals surface area contributed by atoms with E-state index in [2.05, 4.69) is 13.0 Å². The van der Waals surface area contributed by atoms with Gasteiger partial charge in [-0.05, 0) is 19.8 Å². The molecule has 11 heavy (non-hydrogen) atoms. The predicted octanol–water partition coefficient (Wildman–Crippen LogP) is 1.44. The topological polar surface area (TPSA) is 46.2 Å². The van der Waals surface area contributed by atoms with Gasteiger partial charge in [-0.1, -0.05) is 25.5 Å². The van der Waals surface area contributed by atoms with E-state index in [1.807, 2.05) is 13.0 Å². The molecule has 0 aromatic carbocycles. The van der Waals surface area contributed by atoms with E-state index in [4.69, 9.17) is 10.8 Å². The van der Waals surface area contributed by atoms with Crippen molar-refractivity contribution in [3.63, 3.8) is 0 Å². The van der Waals surface area contributed by atoms with Crippen LogP contribution in [-0.2, 0) is 0 Å². The van der Waals surface area contributed by atoms with Crippen LogP contribution in [0.1, 0.15) is 33.1 Å². The van der Waals surface area contributed by atoms with E-state index in [0.717, 1.165) is 19.3 Å². The van der Waals surface area contributed by atoms with Gasteiger partial charge in [-0.3, -0.25) is 0 Å². The monoisotopic (exact) mass is 157 g/mol. The van der Waals surface area contributed by atoms with E-state index >= 15 is 0 Å². The van der Waals surface area contributed by atoms with Crippen LogP contribution in [0.25, 0.3) is 0 Å². The number of aliphatic hydroxyl groups excluding tert-OH is 1. The summed E-state index contributed by atoms with van der Waals surface area (Å²) in [7, 11) is 0. The molecule has 66 valence electrons. The molecule has 0 saturated heterocycles. The van der Waals surface area contributed by atoms with Crippen LogP contribution < -0.4 is 5.73 Å². The SMILES string of the molecule is CCC/C=C/CC(C)(N)CO. The molecule has 0 aromatic rings. The molecule has 3 N–H and O–H groups in total. The van der Waals surface area contributed by atoms with Crippen LogP contribution in [-0.4, -0.2) is 17.3 Å². The number of unbranched alkanes of at least 4 members (excludes halogenated alkanes) is 1. The number of hydrogen-bond acceptors (Lipinski definition) is 2. The maximum atomic E-state index is 8.79. The Kier molecular flexibility index (Phi) is 5.16. The summed E-state index contributed by atoms with van der Waals surface area (Å²) in [5.74, 6) is 0. The quantitative estimate of drug-likeness (QED) is 0.593. The van der Waals surface area contributed by atoms with Crippen molar-refractivity contribution in [3.05, 3.63) is 12.2 Å². The van der Waals surface area contributed by atoms with Gasteiger partial charge < -0.3 is 10.8 Å². The van der Waals surface area contributed by atoms with Crippen molar-refractivity contribution in [1.29, 1.82) is 0 Å². The van der Waals surface area contributed by atoms with Gasteiger partial charge in [0.25, 0.3) is 0 Å². The van der Waals surface area contributed by atoms with Gasteiger partial charge in [-0.2, -0.15) is 0 Å². The first-order valence-corrected chi connectivity index (χ1v) is 4.17. The van der Waals surface area contributed by atoms with Crippen molar-refractivity contribution in [3.8, 4) is 0 Å². The van der Waals surface area contributed by atoms with E-state index in [9.17, 15) is 0 Å². The molecule has 0 rings (SSSR count). The Labute approximate surface area is 69.1 Å². The second-order valence-electron chi connectivity index (χ2n) is 3.28. The first-order valence-electron chi connectivity index (χ1n) is 4.17. The average molecular weight is 157 g/mol. The number of hydrogen-bond donors (Lipinski definition) is 2. The van der Waals surface area contributed by atoms with Crippen LogP contribution >= 0.6 is 0 Å². The van der Waals surface area contributed by atoms with Crippen LogP contribution in [0.15, 0.2) is 12.2 Å². The lowest BCUT2D eigenvalue weighted by atomic mass is 10.0. The van der Waals surface area contributed by atoms with Gasteiger partial charge in [0, 0.05) is 5.54 Å². The fraction of sp³-hybridized carbons (Fsp3) is 0.778. The zero-order valence-electron chi connectivity index (χ0n) is 7.51. The molecule has 1 unspecified atom stereocenters. The van der Waals surface area contributed by atoms with Gasteiger partial charge >= 0.3 is 0 Å². The third kappa shape index (κ3) is 6.07. The highest BCUT2D eigenvalue weighted by Gasteiger charge is 2.13. The van der Waals surface area contributed by atoms with Crippen molar-refractivity contribution in [2.24, 2.45) is 5.73 Å². The van der Waals surface area contributed by atoms with Crippen LogP contribution in [0.2, 0.25) is 0 Å². The third-order valence-corrected chi connectivity index (χ3v) is 1.57. The van der Waals surface area contributed by atoms with E-state index in [1.165, 1.54) is 0 Å². The summed E-state index contributed by atoms with van der Waals surface area (Å²) in [6.45, 7) is 4.03. The molecule has 0 aliphatic carbocycles. The van der Waals surface area contributed by atoms with Crippen LogP contribution in [0.4, 0.5) is 0 Å². The second kappa shape index (κ2) is 5.33. The molecule has 1 atom stereocenters. The Hall–Kier alpha value is -0.340. The lowest BCUT2D eigenvalue weighted by molar-refractivity contribution is 0.210. The maximum absolute atomic E-state index is 8.79. The zero-order valence-corrected chi connectivity index (χ0v) is 7.51. The molecule has 0 saturated carbocycles. The molecule has 0 fully saturated rings.